The van der Waals surface area contributed by atoms with Gasteiger partial charge in [0.1, 0.15) is 12.0 Å². The highest BCUT2D eigenvalue weighted by molar-refractivity contribution is 14.1. The minimum absolute atomic E-state index is 0.0958. The number of hydrazone groups is 1. The van der Waals surface area contributed by atoms with Crippen molar-refractivity contribution in [1.29, 1.82) is 0 Å². The Labute approximate surface area is 226 Å². The lowest BCUT2D eigenvalue weighted by Gasteiger charge is -2.38. The minimum Gasteiger partial charge on any atom is -0.329 e. The summed E-state index contributed by atoms with van der Waals surface area (Å²) in [6.07, 6.45) is -0.377. The second kappa shape index (κ2) is 9.29. The molecule has 1 aromatic carbocycles. The molecule has 0 spiro atoms. The third-order valence-corrected chi connectivity index (χ3v) is 7.15. The summed E-state index contributed by atoms with van der Waals surface area (Å²) < 4.78 is 43.5. The van der Waals surface area contributed by atoms with E-state index in [2.05, 4.69) is 36.3 Å². The fourth-order valence-electron chi connectivity index (χ4n) is 4.96. The van der Waals surface area contributed by atoms with Gasteiger partial charge >= 0.3 is 9.62 Å². The van der Waals surface area contributed by atoms with Gasteiger partial charge in [0.05, 0.1) is 11.2 Å². The molecule has 8 nitrogen and oxygen atoms in total. The van der Waals surface area contributed by atoms with Crippen LogP contribution in [0.3, 0.4) is 0 Å². The zero-order chi connectivity index (χ0) is 26.7. The molecule has 3 aromatic rings. The van der Waals surface area contributed by atoms with Crippen LogP contribution in [0.25, 0.3) is 22.4 Å². The average Bonchev–Trinajstić information content (AvgIpc) is 3.34. The van der Waals surface area contributed by atoms with Crippen molar-refractivity contribution in [2.24, 2.45) is 17.6 Å². The number of aromatic nitrogens is 3. The smallest absolute Gasteiger partial charge is 0.329 e. The number of benzene rings is 1. The largest absolute Gasteiger partial charge is 0.354 e. The normalized spacial score (nSPS) is 18.8. The monoisotopic (exact) mass is 627 g/mol. The number of nitrogens with zero attached hydrogens (tertiary/aromatic N) is 6. The molecule has 1 atom stereocenters. The van der Waals surface area contributed by atoms with Crippen molar-refractivity contribution in [2.75, 3.05) is 19.6 Å². The predicted molar refractivity (Wildman–Crippen MR) is 145 cm³/mol. The number of imidazole rings is 1. The number of aryl methyl sites for hydroxylation is 1. The number of hydrogen-bond acceptors (Lipinski definition) is 6. The van der Waals surface area contributed by atoms with Crippen LogP contribution in [0.5, 0.6) is 0 Å². The number of halogens is 4. The predicted octanol–water partition coefficient (Wildman–Crippen LogP) is 3.98. The molecule has 0 saturated carbocycles. The first-order chi connectivity index (χ1) is 17.3. The summed E-state index contributed by atoms with van der Waals surface area (Å²) in [5.41, 5.74) is 5.03. The molecule has 0 radical (unpaired) electrons. The minimum atomic E-state index is -3.05. The molecule has 0 bridgehead atoms. The lowest BCUT2D eigenvalue weighted by atomic mass is 9.97. The Morgan fingerprint density at radius 2 is 1.92 bits per heavy atom. The van der Waals surface area contributed by atoms with Crippen LogP contribution in [-0.4, -0.2) is 59.5 Å². The quantitative estimate of drug-likeness (QED) is 0.343. The molecular formula is C25H29F3IN7O. The second-order valence-corrected chi connectivity index (χ2v) is 12.2. The number of fused-ring (bicyclic) bond motifs is 2. The SMILES string of the molecule is Cn1c(=O)n(CC(C)(C)C)c2ccc(-c3cccc(CN4CCN5C(C(F)(F)I)=NNC5C4)c3F)nc21. The molecule has 12 heteroatoms. The first-order valence-corrected chi connectivity index (χ1v) is 13.1. The van der Waals surface area contributed by atoms with Gasteiger partial charge in [-0.2, -0.15) is 13.9 Å². The zero-order valence-electron chi connectivity index (χ0n) is 21.1. The Morgan fingerprint density at radius 1 is 1.16 bits per heavy atom. The summed E-state index contributed by atoms with van der Waals surface area (Å²) in [4.78, 5) is 21.1. The average molecular weight is 627 g/mol. The van der Waals surface area contributed by atoms with Crippen LogP contribution in [0.15, 0.2) is 40.2 Å². The van der Waals surface area contributed by atoms with Crippen molar-refractivity contribution >= 4 is 39.6 Å². The Hall–Kier alpha value is -2.61. The van der Waals surface area contributed by atoms with Crippen LogP contribution in [0.1, 0.15) is 26.3 Å². The van der Waals surface area contributed by atoms with E-state index in [-0.39, 0.29) is 28.9 Å². The molecule has 1 saturated heterocycles. The number of amidine groups is 1. The van der Waals surface area contributed by atoms with Crippen molar-refractivity contribution in [3.63, 3.8) is 0 Å². The molecule has 5 rings (SSSR count). The summed E-state index contributed by atoms with van der Waals surface area (Å²) in [7, 11) is 1.67. The van der Waals surface area contributed by atoms with Crippen LogP contribution in [0.4, 0.5) is 13.2 Å². The molecular weight excluding hydrogens is 598 g/mol. The van der Waals surface area contributed by atoms with Crippen molar-refractivity contribution in [2.45, 2.75) is 44.0 Å². The lowest BCUT2D eigenvalue weighted by Crippen LogP contribution is -2.57. The summed E-state index contributed by atoms with van der Waals surface area (Å²) >= 11 is 1.09. The van der Waals surface area contributed by atoms with E-state index >= 15 is 4.39 Å². The maximum Gasteiger partial charge on any atom is 0.354 e. The molecule has 0 aliphatic carbocycles. The number of nitrogens with one attached hydrogen (secondary N) is 1. The van der Waals surface area contributed by atoms with Crippen molar-refractivity contribution in [3.05, 3.63) is 52.2 Å². The molecule has 1 unspecified atom stereocenters. The van der Waals surface area contributed by atoms with E-state index < -0.39 is 3.93 Å². The van der Waals surface area contributed by atoms with E-state index in [1.165, 1.54) is 4.57 Å². The fraction of sp³-hybridized carbons (Fsp3) is 0.480. The van der Waals surface area contributed by atoms with Crippen LogP contribution in [0.2, 0.25) is 0 Å². The van der Waals surface area contributed by atoms with Gasteiger partial charge in [0.25, 0.3) is 0 Å². The Balaban J connectivity index is 1.39. The van der Waals surface area contributed by atoms with E-state index in [9.17, 15) is 13.6 Å². The van der Waals surface area contributed by atoms with E-state index in [0.717, 1.165) is 22.6 Å². The highest BCUT2D eigenvalue weighted by Gasteiger charge is 2.44. The van der Waals surface area contributed by atoms with Crippen molar-refractivity contribution < 1.29 is 13.2 Å². The number of alkyl halides is 3. The van der Waals surface area contributed by atoms with Gasteiger partial charge in [-0.15, -0.1) is 0 Å². The third kappa shape index (κ3) is 4.97. The summed E-state index contributed by atoms with van der Waals surface area (Å²) in [5.74, 6) is -0.649. The zero-order valence-corrected chi connectivity index (χ0v) is 23.3. The van der Waals surface area contributed by atoms with Crippen molar-refractivity contribution in [1.82, 2.24) is 29.3 Å². The number of rotatable bonds is 5. The van der Waals surface area contributed by atoms with Gasteiger partial charge in [0, 0.05) is 73.5 Å². The van der Waals surface area contributed by atoms with Gasteiger partial charge in [-0.25, -0.2) is 14.2 Å². The Morgan fingerprint density at radius 3 is 2.62 bits per heavy atom. The van der Waals surface area contributed by atoms with Crippen LogP contribution >= 0.6 is 22.6 Å². The molecule has 2 aliphatic heterocycles. The lowest BCUT2D eigenvalue weighted by molar-refractivity contribution is 0.100. The third-order valence-electron chi connectivity index (χ3n) is 6.67. The standard InChI is InChI=1S/C25H29F3IN7O/c1-24(2,3)14-36-18-9-8-17(30-21(18)33(4)23(36)37)16-7-5-6-15(20(16)26)12-34-10-11-35-19(13-34)31-32-22(35)25(27,28)29/h5-9,19,31H,10-14H2,1-4H3. The molecule has 2 aliphatic rings. The number of hydrogen-bond donors (Lipinski definition) is 1. The Bertz CT molecular complexity index is 1440. The Kier molecular flexibility index (Phi) is 6.54. The van der Waals surface area contributed by atoms with Gasteiger partial charge in [0.15, 0.2) is 5.65 Å². The molecule has 1 fully saturated rings. The van der Waals surface area contributed by atoms with E-state index in [1.54, 1.807) is 40.8 Å². The van der Waals surface area contributed by atoms with Gasteiger partial charge in [-0.05, 0) is 23.6 Å². The molecule has 37 heavy (non-hydrogen) atoms. The maximum atomic E-state index is 15.7. The van der Waals surface area contributed by atoms with Gasteiger partial charge in [-0.1, -0.05) is 32.9 Å². The van der Waals surface area contributed by atoms with E-state index in [0.29, 0.717) is 60.7 Å². The van der Waals surface area contributed by atoms with Gasteiger partial charge < -0.3 is 4.90 Å². The first-order valence-electron chi connectivity index (χ1n) is 12.1. The second-order valence-electron chi connectivity index (χ2n) is 10.8. The summed E-state index contributed by atoms with van der Waals surface area (Å²) in [6.45, 7) is 8.35. The molecule has 198 valence electrons. The number of pyridine rings is 1. The van der Waals surface area contributed by atoms with Crippen molar-refractivity contribution in [3.8, 4) is 11.3 Å². The highest BCUT2D eigenvalue weighted by Crippen LogP contribution is 2.31. The fourth-order valence-corrected chi connectivity index (χ4v) is 5.39. The van der Waals surface area contributed by atoms with E-state index in [1.807, 2.05) is 11.0 Å². The summed E-state index contributed by atoms with van der Waals surface area (Å²) in [6, 6.07) is 8.75. The number of piperazine rings is 1. The molecule has 0 amide bonds. The van der Waals surface area contributed by atoms with Crippen LogP contribution in [-0.2, 0) is 20.1 Å². The van der Waals surface area contributed by atoms with Crippen LogP contribution < -0.4 is 11.1 Å². The van der Waals surface area contributed by atoms with Gasteiger partial charge in [0.2, 0.25) is 5.84 Å². The molecule has 4 heterocycles. The topological polar surface area (TPSA) is 70.7 Å². The highest BCUT2D eigenvalue weighted by atomic mass is 127. The van der Waals surface area contributed by atoms with Gasteiger partial charge in [-0.3, -0.25) is 19.5 Å². The summed E-state index contributed by atoms with van der Waals surface area (Å²) in [5, 5.41) is 3.82. The van der Waals surface area contributed by atoms with E-state index in [4.69, 9.17) is 0 Å². The maximum absolute atomic E-state index is 15.7. The van der Waals surface area contributed by atoms with Crippen LogP contribution in [0, 0.1) is 11.2 Å². The molecule has 1 N–H and O–H groups in total. The first kappa shape index (κ1) is 26.0. The molecule has 2 aromatic heterocycles.